The first-order chi connectivity index (χ1) is 10.2. The van der Waals surface area contributed by atoms with Crippen molar-refractivity contribution in [3.05, 3.63) is 35.2 Å². The second kappa shape index (κ2) is 6.16. The molecular formula is C16H20ClFN2O2. The number of hydrogen-bond donors (Lipinski definition) is 1. The van der Waals surface area contributed by atoms with E-state index in [2.05, 4.69) is 5.32 Å². The molecule has 22 heavy (non-hydrogen) atoms. The summed E-state index contributed by atoms with van der Waals surface area (Å²) in [6.07, 6.45) is 1.38. The lowest BCUT2D eigenvalue weighted by molar-refractivity contribution is 0.0504. The minimum Gasteiger partial charge on any atom is -0.444 e. The van der Waals surface area contributed by atoms with Gasteiger partial charge in [0, 0.05) is 29.7 Å². The number of amides is 1. The summed E-state index contributed by atoms with van der Waals surface area (Å²) >= 11 is 5.83. The summed E-state index contributed by atoms with van der Waals surface area (Å²) in [6, 6.07) is 4.66. The lowest BCUT2D eigenvalue weighted by atomic mass is 10.2. The first-order valence-corrected chi connectivity index (χ1v) is 7.47. The van der Waals surface area contributed by atoms with Gasteiger partial charge < -0.3 is 14.6 Å². The van der Waals surface area contributed by atoms with Crippen molar-refractivity contribution in [1.82, 2.24) is 9.88 Å². The first-order valence-electron chi connectivity index (χ1n) is 7.09. The molecule has 120 valence electrons. The van der Waals surface area contributed by atoms with Crippen LogP contribution < -0.4 is 5.32 Å². The van der Waals surface area contributed by atoms with Crippen LogP contribution in [0, 0.1) is 5.82 Å². The van der Waals surface area contributed by atoms with E-state index in [1.165, 1.54) is 6.07 Å². The normalized spacial score (nSPS) is 13.2. The Kier molecular flexibility index (Phi) is 4.66. The minimum absolute atomic E-state index is 0.0835. The molecule has 0 aliphatic carbocycles. The lowest BCUT2D eigenvalue weighted by Crippen LogP contribution is -2.39. The Balaban J connectivity index is 2.07. The smallest absolute Gasteiger partial charge is 0.407 e. The highest BCUT2D eigenvalue weighted by atomic mass is 35.5. The van der Waals surface area contributed by atoms with Gasteiger partial charge in [0.15, 0.2) is 0 Å². The lowest BCUT2D eigenvalue weighted by Gasteiger charge is -2.22. The van der Waals surface area contributed by atoms with Gasteiger partial charge in [0.25, 0.3) is 0 Å². The van der Waals surface area contributed by atoms with Crippen molar-refractivity contribution in [1.29, 1.82) is 0 Å². The molecular weight excluding hydrogens is 307 g/mol. The second-order valence-electron chi connectivity index (χ2n) is 6.34. The summed E-state index contributed by atoms with van der Waals surface area (Å²) in [7, 11) is 0. The highest BCUT2D eigenvalue weighted by Gasteiger charge is 2.18. The molecule has 0 unspecified atom stereocenters. The molecule has 0 aliphatic heterocycles. The summed E-state index contributed by atoms with van der Waals surface area (Å²) in [5.74, 6) is -0.438. The highest BCUT2D eigenvalue weighted by Crippen LogP contribution is 2.24. The van der Waals surface area contributed by atoms with Crippen molar-refractivity contribution in [2.45, 2.75) is 45.9 Å². The molecule has 4 nitrogen and oxygen atoms in total. The van der Waals surface area contributed by atoms with E-state index >= 15 is 0 Å². The molecule has 0 fully saturated rings. The van der Waals surface area contributed by atoms with Crippen molar-refractivity contribution in [2.24, 2.45) is 0 Å². The largest absolute Gasteiger partial charge is 0.444 e. The van der Waals surface area contributed by atoms with Gasteiger partial charge in [0.05, 0.1) is 5.02 Å². The molecule has 0 saturated heterocycles. The van der Waals surface area contributed by atoms with Crippen molar-refractivity contribution >= 4 is 28.6 Å². The molecule has 1 heterocycles. The van der Waals surface area contributed by atoms with Crippen LogP contribution in [-0.2, 0) is 11.3 Å². The number of alkyl carbamates (subject to hydrolysis) is 1. The van der Waals surface area contributed by atoms with Crippen LogP contribution in [0.15, 0.2) is 24.4 Å². The third kappa shape index (κ3) is 4.13. The quantitative estimate of drug-likeness (QED) is 0.911. The van der Waals surface area contributed by atoms with E-state index in [9.17, 15) is 9.18 Å². The van der Waals surface area contributed by atoms with E-state index in [1.54, 1.807) is 6.07 Å². The predicted octanol–water partition coefficient (Wildman–Crippen LogP) is 4.35. The van der Waals surface area contributed by atoms with Gasteiger partial charge in [-0.1, -0.05) is 11.6 Å². The van der Waals surface area contributed by atoms with Gasteiger partial charge in [0.1, 0.15) is 11.4 Å². The fourth-order valence-corrected chi connectivity index (χ4v) is 2.35. The van der Waals surface area contributed by atoms with E-state index in [-0.39, 0.29) is 11.1 Å². The maximum atomic E-state index is 13.4. The number of nitrogens with one attached hydrogen (secondary N) is 1. The number of benzene rings is 1. The Morgan fingerprint density at radius 2 is 2.14 bits per heavy atom. The molecule has 6 heteroatoms. The van der Waals surface area contributed by atoms with E-state index < -0.39 is 17.5 Å². The van der Waals surface area contributed by atoms with E-state index in [4.69, 9.17) is 16.3 Å². The van der Waals surface area contributed by atoms with Crippen molar-refractivity contribution in [3.63, 3.8) is 0 Å². The van der Waals surface area contributed by atoms with E-state index in [1.807, 2.05) is 44.5 Å². The van der Waals surface area contributed by atoms with Crippen LogP contribution in [0.25, 0.3) is 10.9 Å². The van der Waals surface area contributed by atoms with Crippen LogP contribution in [-0.4, -0.2) is 22.3 Å². The van der Waals surface area contributed by atoms with E-state index in [0.29, 0.717) is 6.54 Å². The standard InChI is InChI=1S/C16H20ClFN2O2/c1-10(19-15(21)22-16(2,3)4)9-20-6-5-11-7-13(18)12(17)8-14(11)20/h5-8,10H,9H2,1-4H3,(H,19,21)/t10-/m0/s1. The highest BCUT2D eigenvalue weighted by molar-refractivity contribution is 6.31. The Labute approximate surface area is 134 Å². The van der Waals surface area contributed by atoms with Gasteiger partial charge in [-0.2, -0.15) is 0 Å². The van der Waals surface area contributed by atoms with Gasteiger partial charge in [-0.15, -0.1) is 0 Å². The fraction of sp³-hybridized carbons (Fsp3) is 0.438. The van der Waals surface area contributed by atoms with Crippen molar-refractivity contribution < 1.29 is 13.9 Å². The van der Waals surface area contributed by atoms with Crippen LogP contribution >= 0.6 is 11.6 Å². The van der Waals surface area contributed by atoms with Crippen LogP contribution in [0.2, 0.25) is 5.02 Å². The number of carbonyl (C=O) groups excluding carboxylic acids is 1. The van der Waals surface area contributed by atoms with Gasteiger partial charge in [-0.05, 0) is 45.9 Å². The van der Waals surface area contributed by atoms with Crippen LogP contribution in [0.3, 0.4) is 0 Å². The average Bonchev–Trinajstić information content (AvgIpc) is 2.70. The summed E-state index contributed by atoms with van der Waals surface area (Å²) < 4.78 is 20.6. The molecule has 0 bridgehead atoms. The SMILES string of the molecule is C[C@@H](Cn1ccc2cc(F)c(Cl)cc21)NC(=O)OC(C)(C)C. The molecule has 0 radical (unpaired) electrons. The molecule has 2 rings (SSSR count). The Bertz CT molecular complexity index is 691. The maximum Gasteiger partial charge on any atom is 0.407 e. The molecule has 0 saturated carbocycles. The van der Waals surface area contributed by atoms with Crippen molar-refractivity contribution in [3.8, 4) is 0 Å². The third-order valence-electron chi connectivity index (χ3n) is 3.05. The third-order valence-corrected chi connectivity index (χ3v) is 3.34. The molecule has 1 aromatic carbocycles. The number of hydrogen-bond acceptors (Lipinski definition) is 2. The predicted molar refractivity (Wildman–Crippen MR) is 85.7 cm³/mol. The van der Waals surface area contributed by atoms with Crippen LogP contribution in [0.1, 0.15) is 27.7 Å². The van der Waals surface area contributed by atoms with Gasteiger partial charge in [-0.25, -0.2) is 9.18 Å². The monoisotopic (exact) mass is 326 g/mol. The molecule has 1 N–H and O–H groups in total. The van der Waals surface area contributed by atoms with Gasteiger partial charge >= 0.3 is 6.09 Å². The van der Waals surface area contributed by atoms with Crippen molar-refractivity contribution in [2.75, 3.05) is 0 Å². The molecule has 0 aliphatic rings. The minimum atomic E-state index is -0.533. The second-order valence-corrected chi connectivity index (χ2v) is 6.75. The summed E-state index contributed by atoms with van der Waals surface area (Å²) in [5, 5.41) is 3.63. The summed E-state index contributed by atoms with van der Waals surface area (Å²) in [5.41, 5.74) is 0.291. The molecule has 1 amide bonds. The zero-order chi connectivity index (χ0) is 16.5. The van der Waals surface area contributed by atoms with E-state index in [0.717, 1.165) is 10.9 Å². The fourth-order valence-electron chi connectivity index (χ4n) is 2.19. The Morgan fingerprint density at radius 3 is 2.77 bits per heavy atom. The number of aromatic nitrogens is 1. The average molecular weight is 327 g/mol. The number of rotatable bonds is 3. The maximum absolute atomic E-state index is 13.4. The van der Waals surface area contributed by atoms with Gasteiger partial charge in [-0.3, -0.25) is 0 Å². The van der Waals surface area contributed by atoms with Crippen LogP contribution in [0.5, 0.6) is 0 Å². The number of nitrogens with zero attached hydrogens (tertiary/aromatic N) is 1. The zero-order valence-corrected chi connectivity index (χ0v) is 13.9. The Hall–Kier alpha value is -1.75. The Morgan fingerprint density at radius 1 is 1.45 bits per heavy atom. The van der Waals surface area contributed by atoms with Crippen LogP contribution in [0.4, 0.5) is 9.18 Å². The summed E-state index contributed by atoms with van der Waals surface area (Å²) in [4.78, 5) is 11.7. The molecule has 0 spiro atoms. The molecule has 2 aromatic rings. The number of carbonyl (C=O) groups is 1. The summed E-state index contributed by atoms with van der Waals surface area (Å²) in [6.45, 7) is 7.85. The topological polar surface area (TPSA) is 43.3 Å². The number of ether oxygens (including phenoxy) is 1. The molecule has 1 aromatic heterocycles. The zero-order valence-electron chi connectivity index (χ0n) is 13.1. The number of halogens is 2. The van der Waals surface area contributed by atoms with Gasteiger partial charge in [0.2, 0.25) is 0 Å². The molecule has 1 atom stereocenters. The number of fused-ring (bicyclic) bond motifs is 1. The first kappa shape index (κ1) is 16.6.